The van der Waals surface area contributed by atoms with Crippen molar-refractivity contribution in [2.24, 2.45) is 0 Å². The average molecular weight is 266 g/mol. The molecule has 0 aliphatic heterocycles. The minimum Gasteiger partial charge on any atom is -0.386 e. The van der Waals surface area contributed by atoms with Gasteiger partial charge in [0.25, 0.3) is 0 Å². The zero-order valence-corrected chi connectivity index (χ0v) is 10.9. The molecule has 1 aromatic heterocycles. The topological polar surface area (TPSA) is 33.1 Å². The van der Waals surface area contributed by atoms with E-state index >= 15 is 0 Å². The second-order valence-corrected chi connectivity index (χ2v) is 5.05. The summed E-state index contributed by atoms with van der Waals surface area (Å²) < 4.78 is 13.6. The van der Waals surface area contributed by atoms with Gasteiger partial charge >= 0.3 is 0 Å². The molecule has 0 saturated carbocycles. The van der Waals surface area contributed by atoms with E-state index in [4.69, 9.17) is 11.6 Å². The fourth-order valence-electron chi connectivity index (χ4n) is 1.61. The molecule has 2 aromatic rings. The van der Waals surface area contributed by atoms with Gasteiger partial charge in [0.05, 0.1) is 11.3 Å². The third-order valence-electron chi connectivity index (χ3n) is 2.67. The zero-order valence-electron chi connectivity index (χ0n) is 10.1. The molecule has 0 bridgehead atoms. The van der Waals surface area contributed by atoms with Crippen molar-refractivity contribution in [2.75, 3.05) is 0 Å². The van der Waals surface area contributed by atoms with Gasteiger partial charge in [0.15, 0.2) is 0 Å². The maximum absolute atomic E-state index is 13.6. The van der Waals surface area contributed by atoms with E-state index in [0.29, 0.717) is 21.8 Å². The minimum atomic E-state index is -0.960. The van der Waals surface area contributed by atoms with E-state index in [1.807, 2.05) is 0 Å². The standard InChI is InChI=1S/C14H13ClFNO/c1-14(2,18)9-3-6-13(17-8-9)11-7-10(15)4-5-12(11)16/h3-8,18H,1-2H3. The molecule has 0 unspecified atom stereocenters. The third-order valence-corrected chi connectivity index (χ3v) is 2.91. The van der Waals surface area contributed by atoms with Gasteiger partial charge in [-0.05, 0) is 38.1 Å². The first-order valence-electron chi connectivity index (χ1n) is 5.52. The normalized spacial score (nSPS) is 11.6. The first-order chi connectivity index (χ1) is 8.38. The molecule has 0 fully saturated rings. The molecule has 0 amide bonds. The van der Waals surface area contributed by atoms with Crippen LogP contribution < -0.4 is 0 Å². The molecule has 0 aliphatic rings. The second-order valence-electron chi connectivity index (χ2n) is 4.62. The Bertz CT molecular complexity index is 561. The monoisotopic (exact) mass is 265 g/mol. The van der Waals surface area contributed by atoms with Gasteiger partial charge < -0.3 is 5.11 Å². The van der Waals surface area contributed by atoms with E-state index in [-0.39, 0.29) is 5.82 Å². The minimum absolute atomic E-state index is 0.352. The second kappa shape index (κ2) is 4.67. The molecule has 0 spiro atoms. The highest BCUT2D eigenvalue weighted by atomic mass is 35.5. The average Bonchev–Trinajstić information content (AvgIpc) is 2.31. The van der Waals surface area contributed by atoms with Gasteiger partial charge in [-0.1, -0.05) is 17.7 Å². The van der Waals surface area contributed by atoms with Gasteiger partial charge in [-0.3, -0.25) is 4.98 Å². The van der Waals surface area contributed by atoms with Crippen LogP contribution in [0.25, 0.3) is 11.3 Å². The van der Waals surface area contributed by atoms with Gasteiger partial charge in [0.2, 0.25) is 0 Å². The lowest BCUT2D eigenvalue weighted by atomic mass is 9.99. The summed E-state index contributed by atoms with van der Waals surface area (Å²) in [4.78, 5) is 4.16. The van der Waals surface area contributed by atoms with Gasteiger partial charge in [-0.2, -0.15) is 0 Å². The Morgan fingerprint density at radius 3 is 2.50 bits per heavy atom. The van der Waals surface area contributed by atoms with Crippen LogP contribution in [-0.4, -0.2) is 10.1 Å². The van der Waals surface area contributed by atoms with Gasteiger partial charge in [-0.25, -0.2) is 4.39 Å². The van der Waals surface area contributed by atoms with E-state index in [1.165, 1.54) is 24.4 Å². The fraction of sp³-hybridized carbons (Fsp3) is 0.214. The first-order valence-corrected chi connectivity index (χ1v) is 5.90. The number of halogens is 2. The number of nitrogens with zero attached hydrogens (tertiary/aromatic N) is 1. The highest BCUT2D eigenvalue weighted by molar-refractivity contribution is 6.30. The van der Waals surface area contributed by atoms with Crippen molar-refractivity contribution < 1.29 is 9.50 Å². The number of aliphatic hydroxyl groups is 1. The summed E-state index contributed by atoms with van der Waals surface area (Å²) in [5.41, 5.74) is 0.555. The van der Waals surface area contributed by atoms with Crippen LogP contribution in [-0.2, 0) is 5.60 Å². The van der Waals surface area contributed by atoms with E-state index in [0.717, 1.165) is 0 Å². The maximum Gasteiger partial charge on any atom is 0.132 e. The summed E-state index contributed by atoms with van der Waals surface area (Å²) >= 11 is 5.84. The molecule has 1 heterocycles. The smallest absolute Gasteiger partial charge is 0.132 e. The fourth-order valence-corrected chi connectivity index (χ4v) is 1.78. The molecule has 0 radical (unpaired) electrons. The quantitative estimate of drug-likeness (QED) is 0.897. The highest BCUT2D eigenvalue weighted by Gasteiger charge is 2.16. The lowest BCUT2D eigenvalue weighted by Gasteiger charge is -2.17. The van der Waals surface area contributed by atoms with E-state index in [2.05, 4.69) is 4.98 Å². The van der Waals surface area contributed by atoms with Crippen molar-refractivity contribution in [3.8, 4) is 11.3 Å². The number of rotatable bonds is 2. The Labute approximate surface area is 110 Å². The van der Waals surface area contributed by atoms with Gasteiger partial charge in [-0.15, -0.1) is 0 Å². The predicted molar refractivity (Wildman–Crippen MR) is 69.9 cm³/mol. The molecule has 18 heavy (non-hydrogen) atoms. The number of hydrogen-bond acceptors (Lipinski definition) is 2. The van der Waals surface area contributed by atoms with Crippen LogP contribution in [0.15, 0.2) is 36.5 Å². The van der Waals surface area contributed by atoms with Crippen molar-refractivity contribution in [3.05, 3.63) is 52.9 Å². The van der Waals surface area contributed by atoms with Crippen molar-refractivity contribution in [1.29, 1.82) is 0 Å². The lowest BCUT2D eigenvalue weighted by molar-refractivity contribution is 0.0782. The van der Waals surface area contributed by atoms with Crippen molar-refractivity contribution in [2.45, 2.75) is 19.4 Å². The molecule has 1 N–H and O–H groups in total. The van der Waals surface area contributed by atoms with Crippen LogP contribution in [0.5, 0.6) is 0 Å². The van der Waals surface area contributed by atoms with Crippen LogP contribution in [0.1, 0.15) is 19.4 Å². The summed E-state index contributed by atoms with van der Waals surface area (Å²) in [6, 6.07) is 7.72. The van der Waals surface area contributed by atoms with Crippen molar-refractivity contribution in [3.63, 3.8) is 0 Å². The zero-order chi connectivity index (χ0) is 13.3. The summed E-state index contributed by atoms with van der Waals surface area (Å²) in [6.45, 7) is 3.34. The van der Waals surface area contributed by atoms with E-state index < -0.39 is 5.60 Å². The first kappa shape index (κ1) is 13.0. The van der Waals surface area contributed by atoms with Crippen molar-refractivity contribution >= 4 is 11.6 Å². The lowest BCUT2D eigenvalue weighted by Crippen LogP contribution is -2.15. The van der Waals surface area contributed by atoms with Crippen LogP contribution in [0.2, 0.25) is 5.02 Å². The Morgan fingerprint density at radius 1 is 1.22 bits per heavy atom. The van der Waals surface area contributed by atoms with E-state index in [1.54, 1.807) is 26.0 Å². The van der Waals surface area contributed by atoms with Crippen molar-refractivity contribution in [1.82, 2.24) is 4.98 Å². The number of pyridine rings is 1. The number of aromatic nitrogens is 1. The Morgan fingerprint density at radius 2 is 1.94 bits per heavy atom. The van der Waals surface area contributed by atoms with Gasteiger partial charge in [0, 0.05) is 22.3 Å². The molecular formula is C14H13ClFNO. The summed E-state index contributed by atoms with van der Waals surface area (Å²) in [7, 11) is 0. The molecule has 1 aromatic carbocycles. The van der Waals surface area contributed by atoms with Crippen LogP contribution in [0.4, 0.5) is 4.39 Å². The summed E-state index contributed by atoms with van der Waals surface area (Å²) in [6.07, 6.45) is 1.54. The summed E-state index contributed by atoms with van der Waals surface area (Å²) in [5.74, 6) is -0.372. The molecule has 4 heteroatoms. The molecule has 0 saturated heterocycles. The Hall–Kier alpha value is -1.45. The Kier molecular flexibility index (Phi) is 3.37. The number of hydrogen-bond donors (Lipinski definition) is 1. The summed E-state index contributed by atoms with van der Waals surface area (Å²) in [5, 5.41) is 10.3. The third kappa shape index (κ3) is 2.68. The Balaban J connectivity index is 2.43. The van der Waals surface area contributed by atoms with Crippen LogP contribution >= 0.6 is 11.6 Å². The van der Waals surface area contributed by atoms with Crippen LogP contribution in [0.3, 0.4) is 0 Å². The van der Waals surface area contributed by atoms with Gasteiger partial charge in [0.1, 0.15) is 5.82 Å². The molecule has 2 rings (SSSR count). The number of benzene rings is 1. The largest absolute Gasteiger partial charge is 0.386 e. The maximum atomic E-state index is 13.6. The molecule has 94 valence electrons. The highest BCUT2D eigenvalue weighted by Crippen LogP contribution is 2.26. The predicted octanol–water partition coefficient (Wildman–Crippen LogP) is 3.77. The molecule has 0 aliphatic carbocycles. The SMILES string of the molecule is CC(C)(O)c1ccc(-c2cc(Cl)ccc2F)nc1. The molecular weight excluding hydrogens is 253 g/mol. The molecule has 2 nitrogen and oxygen atoms in total. The van der Waals surface area contributed by atoms with Crippen LogP contribution in [0, 0.1) is 5.82 Å². The van der Waals surface area contributed by atoms with E-state index in [9.17, 15) is 9.50 Å². The molecule has 0 atom stereocenters.